The van der Waals surface area contributed by atoms with E-state index in [0.717, 1.165) is 19.6 Å². The number of hydrogen-bond donors (Lipinski definition) is 2. The zero-order chi connectivity index (χ0) is 19.2. The number of carbonyl (C=O) groups is 2. The summed E-state index contributed by atoms with van der Waals surface area (Å²) in [4.78, 5) is 27.8. The Morgan fingerprint density at radius 3 is 2.37 bits per heavy atom. The molecule has 1 fully saturated rings. The summed E-state index contributed by atoms with van der Waals surface area (Å²) in [6.07, 6.45) is 0. The monoisotopic (exact) mass is 406 g/mol. The van der Waals surface area contributed by atoms with Crippen LogP contribution in [0.15, 0.2) is 48.5 Å². The fourth-order valence-corrected chi connectivity index (χ4v) is 3.44. The SMILES string of the molecule is O=C(NCC(=O)N1CC[NH+](Cc2ccccc2)CC1)c1ccc(Cl)c(Cl)c1. The molecule has 1 saturated heterocycles. The molecular weight excluding hydrogens is 385 g/mol. The summed E-state index contributed by atoms with van der Waals surface area (Å²) in [5, 5.41) is 3.36. The van der Waals surface area contributed by atoms with Crippen LogP contribution in [-0.4, -0.2) is 49.4 Å². The lowest BCUT2D eigenvalue weighted by molar-refractivity contribution is -0.917. The van der Waals surface area contributed by atoms with E-state index in [9.17, 15) is 9.59 Å². The number of rotatable bonds is 5. The van der Waals surface area contributed by atoms with E-state index in [1.807, 2.05) is 23.1 Å². The highest BCUT2D eigenvalue weighted by Gasteiger charge is 2.24. The predicted molar refractivity (Wildman–Crippen MR) is 106 cm³/mol. The topological polar surface area (TPSA) is 53.9 Å². The summed E-state index contributed by atoms with van der Waals surface area (Å²) in [5.74, 6) is -0.405. The molecular formula is C20H22Cl2N3O2+. The smallest absolute Gasteiger partial charge is 0.251 e. The zero-order valence-electron chi connectivity index (χ0n) is 14.9. The average molecular weight is 407 g/mol. The summed E-state index contributed by atoms with van der Waals surface area (Å²) in [6.45, 7) is 4.15. The number of halogens is 2. The van der Waals surface area contributed by atoms with Crippen molar-refractivity contribution in [1.29, 1.82) is 0 Å². The van der Waals surface area contributed by atoms with Gasteiger partial charge in [0.05, 0.1) is 42.8 Å². The number of carbonyl (C=O) groups excluding carboxylic acids is 2. The molecule has 1 aliphatic rings. The van der Waals surface area contributed by atoms with Crippen molar-refractivity contribution in [3.8, 4) is 0 Å². The number of quaternary nitrogens is 1. The molecule has 0 bridgehead atoms. The number of nitrogens with one attached hydrogen (secondary N) is 2. The molecule has 0 spiro atoms. The second-order valence-electron chi connectivity index (χ2n) is 6.60. The zero-order valence-corrected chi connectivity index (χ0v) is 16.4. The summed E-state index contributed by atoms with van der Waals surface area (Å²) in [5.41, 5.74) is 1.69. The molecule has 0 aliphatic carbocycles. The molecule has 142 valence electrons. The molecule has 0 saturated carbocycles. The normalized spacial score (nSPS) is 14.8. The van der Waals surface area contributed by atoms with E-state index in [1.165, 1.54) is 16.5 Å². The number of piperazine rings is 1. The molecule has 1 aliphatic heterocycles. The van der Waals surface area contributed by atoms with Gasteiger partial charge in [-0.05, 0) is 18.2 Å². The van der Waals surface area contributed by atoms with Crippen molar-refractivity contribution >= 4 is 35.0 Å². The molecule has 0 aromatic heterocycles. The molecule has 7 heteroatoms. The van der Waals surface area contributed by atoms with Gasteiger partial charge >= 0.3 is 0 Å². The quantitative estimate of drug-likeness (QED) is 0.792. The summed E-state index contributed by atoms with van der Waals surface area (Å²) in [6, 6.07) is 15.0. The van der Waals surface area contributed by atoms with Gasteiger partial charge in [-0.15, -0.1) is 0 Å². The molecule has 0 unspecified atom stereocenters. The van der Waals surface area contributed by atoms with Crippen LogP contribution in [-0.2, 0) is 11.3 Å². The lowest BCUT2D eigenvalue weighted by atomic mass is 10.2. The minimum Gasteiger partial charge on any atom is -0.343 e. The summed E-state index contributed by atoms with van der Waals surface area (Å²) in [7, 11) is 0. The van der Waals surface area contributed by atoms with Crippen molar-refractivity contribution in [2.24, 2.45) is 0 Å². The maximum Gasteiger partial charge on any atom is 0.251 e. The van der Waals surface area contributed by atoms with Crippen molar-refractivity contribution in [3.63, 3.8) is 0 Å². The van der Waals surface area contributed by atoms with Crippen LogP contribution in [0.2, 0.25) is 10.0 Å². The van der Waals surface area contributed by atoms with Gasteiger partial charge in [-0.3, -0.25) is 9.59 Å². The Labute approximate surface area is 168 Å². The van der Waals surface area contributed by atoms with Crippen molar-refractivity contribution in [1.82, 2.24) is 10.2 Å². The first-order chi connectivity index (χ1) is 13.0. The van der Waals surface area contributed by atoms with Gasteiger partial charge < -0.3 is 15.1 Å². The number of benzene rings is 2. The van der Waals surface area contributed by atoms with E-state index in [1.54, 1.807) is 12.1 Å². The van der Waals surface area contributed by atoms with Crippen LogP contribution >= 0.6 is 23.2 Å². The molecule has 27 heavy (non-hydrogen) atoms. The Morgan fingerprint density at radius 2 is 1.70 bits per heavy atom. The van der Waals surface area contributed by atoms with Gasteiger partial charge in [-0.2, -0.15) is 0 Å². The van der Waals surface area contributed by atoms with E-state index < -0.39 is 0 Å². The number of hydrogen-bond acceptors (Lipinski definition) is 2. The van der Waals surface area contributed by atoms with Crippen LogP contribution in [0.3, 0.4) is 0 Å². The molecule has 2 aromatic carbocycles. The van der Waals surface area contributed by atoms with Crippen LogP contribution in [0, 0.1) is 0 Å². The Kier molecular flexibility index (Phi) is 6.72. The Bertz CT molecular complexity index is 806. The minimum atomic E-state index is -0.338. The van der Waals surface area contributed by atoms with Crippen molar-refractivity contribution in [2.45, 2.75) is 6.54 Å². The third kappa shape index (κ3) is 5.45. The third-order valence-electron chi connectivity index (χ3n) is 4.70. The standard InChI is InChI=1S/C20H21Cl2N3O2/c21-17-7-6-16(12-18(17)22)20(27)23-13-19(26)25-10-8-24(9-11-25)14-15-4-2-1-3-5-15/h1-7,12H,8-11,13-14H2,(H,23,27)/p+1. The van der Waals surface area contributed by atoms with Crippen molar-refractivity contribution in [2.75, 3.05) is 32.7 Å². The second kappa shape index (κ2) is 9.22. The average Bonchev–Trinajstić information content (AvgIpc) is 2.69. The molecule has 2 amide bonds. The maximum atomic E-state index is 12.4. The second-order valence-corrected chi connectivity index (χ2v) is 7.42. The first-order valence-corrected chi connectivity index (χ1v) is 9.67. The van der Waals surface area contributed by atoms with Gasteiger partial charge in [0.25, 0.3) is 5.91 Å². The first kappa shape index (κ1) is 19.7. The van der Waals surface area contributed by atoms with Crippen LogP contribution in [0.25, 0.3) is 0 Å². The number of nitrogens with zero attached hydrogens (tertiary/aromatic N) is 1. The Hall–Kier alpha value is -2.08. The van der Waals surface area contributed by atoms with Gasteiger partial charge in [0, 0.05) is 11.1 Å². The third-order valence-corrected chi connectivity index (χ3v) is 5.44. The molecule has 0 radical (unpaired) electrons. The summed E-state index contributed by atoms with van der Waals surface area (Å²) >= 11 is 11.8. The van der Waals surface area contributed by atoms with Gasteiger partial charge in [0.15, 0.2) is 0 Å². The highest BCUT2D eigenvalue weighted by molar-refractivity contribution is 6.42. The lowest BCUT2D eigenvalue weighted by Crippen LogP contribution is -3.13. The first-order valence-electron chi connectivity index (χ1n) is 8.91. The van der Waals surface area contributed by atoms with Crippen LogP contribution in [0.5, 0.6) is 0 Å². The van der Waals surface area contributed by atoms with Gasteiger partial charge in [0.1, 0.15) is 6.54 Å². The number of amides is 2. The maximum absolute atomic E-state index is 12.4. The molecule has 5 nitrogen and oxygen atoms in total. The molecule has 2 N–H and O–H groups in total. The van der Waals surface area contributed by atoms with Crippen LogP contribution in [0.4, 0.5) is 0 Å². The molecule has 1 heterocycles. The van der Waals surface area contributed by atoms with Crippen LogP contribution < -0.4 is 10.2 Å². The van der Waals surface area contributed by atoms with E-state index in [0.29, 0.717) is 28.7 Å². The largest absolute Gasteiger partial charge is 0.343 e. The fraction of sp³-hybridized carbons (Fsp3) is 0.300. The van der Waals surface area contributed by atoms with E-state index in [2.05, 4.69) is 17.4 Å². The van der Waals surface area contributed by atoms with E-state index in [4.69, 9.17) is 23.2 Å². The van der Waals surface area contributed by atoms with Crippen molar-refractivity contribution in [3.05, 3.63) is 69.7 Å². The Balaban J connectivity index is 1.44. The fourth-order valence-electron chi connectivity index (χ4n) is 3.14. The van der Waals surface area contributed by atoms with E-state index >= 15 is 0 Å². The van der Waals surface area contributed by atoms with Gasteiger partial charge in [-0.25, -0.2) is 0 Å². The molecule has 0 atom stereocenters. The minimum absolute atomic E-state index is 0.0207. The lowest BCUT2D eigenvalue weighted by Gasteiger charge is -2.32. The van der Waals surface area contributed by atoms with E-state index in [-0.39, 0.29) is 18.4 Å². The van der Waals surface area contributed by atoms with Gasteiger partial charge in [0.2, 0.25) is 5.91 Å². The Morgan fingerprint density at radius 1 is 1.00 bits per heavy atom. The van der Waals surface area contributed by atoms with Crippen LogP contribution in [0.1, 0.15) is 15.9 Å². The molecule has 2 aromatic rings. The van der Waals surface area contributed by atoms with Crippen molar-refractivity contribution < 1.29 is 14.5 Å². The highest BCUT2D eigenvalue weighted by atomic mass is 35.5. The predicted octanol–water partition coefficient (Wildman–Crippen LogP) is 1.65. The highest BCUT2D eigenvalue weighted by Crippen LogP contribution is 2.22. The molecule has 3 rings (SSSR count). The summed E-state index contributed by atoms with van der Waals surface area (Å²) < 4.78 is 0. The van der Waals surface area contributed by atoms with Gasteiger partial charge in [-0.1, -0.05) is 53.5 Å².